The lowest BCUT2D eigenvalue weighted by Gasteiger charge is -2.39. The zero-order valence-electron chi connectivity index (χ0n) is 17.1. The average Bonchev–Trinajstić information content (AvgIpc) is 2.68. The number of benzene rings is 1. The van der Waals surface area contributed by atoms with Crippen LogP contribution >= 0.6 is 0 Å². The Morgan fingerprint density at radius 1 is 1.07 bits per heavy atom. The van der Waals surface area contributed by atoms with E-state index in [1.807, 2.05) is 24.3 Å². The molecule has 0 aromatic heterocycles. The van der Waals surface area contributed by atoms with Gasteiger partial charge in [-0.2, -0.15) is 0 Å². The van der Waals surface area contributed by atoms with Gasteiger partial charge >= 0.3 is 11.8 Å². The lowest BCUT2D eigenvalue weighted by molar-refractivity contribution is -0.139. The quantitative estimate of drug-likeness (QED) is 0.718. The van der Waals surface area contributed by atoms with Crippen LogP contribution in [0, 0.1) is 11.3 Å². The van der Waals surface area contributed by atoms with Crippen molar-refractivity contribution < 1.29 is 14.3 Å². The van der Waals surface area contributed by atoms with E-state index in [0.29, 0.717) is 24.3 Å². The lowest BCUT2D eigenvalue weighted by atomic mass is 9.69. The highest BCUT2D eigenvalue weighted by Gasteiger charge is 2.32. The Balaban J connectivity index is 1.69. The van der Waals surface area contributed by atoms with Crippen LogP contribution < -0.4 is 15.4 Å². The number of rotatable bonds is 7. The molecule has 5 nitrogen and oxygen atoms in total. The van der Waals surface area contributed by atoms with Crippen LogP contribution in [0.15, 0.2) is 24.3 Å². The molecular weight excluding hydrogens is 340 g/mol. The molecule has 0 bridgehead atoms. The molecule has 2 N–H and O–H groups in total. The summed E-state index contributed by atoms with van der Waals surface area (Å²) >= 11 is 0. The molecule has 1 aliphatic carbocycles. The second kappa shape index (κ2) is 9.77. The fourth-order valence-electron chi connectivity index (χ4n) is 3.75. The smallest absolute Gasteiger partial charge is 0.309 e. The summed E-state index contributed by atoms with van der Waals surface area (Å²) in [6.45, 7) is 7.33. The van der Waals surface area contributed by atoms with Crippen molar-refractivity contribution in [2.24, 2.45) is 11.3 Å². The van der Waals surface area contributed by atoms with Crippen LogP contribution in [-0.4, -0.2) is 31.5 Å². The van der Waals surface area contributed by atoms with Crippen LogP contribution in [0.4, 0.5) is 0 Å². The molecule has 1 fully saturated rings. The highest BCUT2D eigenvalue weighted by atomic mass is 16.5. The topological polar surface area (TPSA) is 67.4 Å². The molecule has 5 heteroatoms. The minimum Gasteiger partial charge on any atom is -0.497 e. The summed E-state index contributed by atoms with van der Waals surface area (Å²) in [5, 5.41) is 5.61. The maximum absolute atomic E-state index is 12.1. The molecule has 150 valence electrons. The molecule has 2 amide bonds. The molecule has 2 rings (SSSR count). The highest BCUT2D eigenvalue weighted by Crippen LogP contribution is 2.40. The second-order valence-electron chi connectivity index (χ2n) is 8.22. The summed E-state index contributed by atoms with van der Waals surface area (Å²) in [7, 11) is 1.63. The first-order valence-corrected chi connectivity index (χ1v) is 10.1. The van der Waals surface area contributed by atoms with E-state index in [2.05, 4.69) is 31.4 Å². The van der Waals surface area contributed by atoms with Crippen molar-refractivity contribution in [1.29, 1.82) is 0 Å². The Morgan fingerprint density at radius 2 is 1.70 bits per heavy atom. The van der Waals surface area contributed by atoms with Crippen LogP contribution in [0.5, 0.6) is 5.75 Å². The molecule has 1 saturated carbocycles. The zero-order chi connectivity index (χ0) is 19.9. The number of amides is 2. The monoisotopic (exact) mass is 374 g/mol. The van der Waals surface area contributed by atoms with Crippen molar-refractivity contribution in [3.05, 3.63) is 29.8 Å². The van der Waals surface area contributed by atoms with E-state index in [0.717, 1.165) is 37.0 Å². The number of hydrogen-bond donors (Lipinski definition) is 2. The molecule has 0 heterocycles. The lowest BCUT2D eigenvalue weighted by Crippen LogP contribution is -2.46. The van der Waals surface area contributed by atoms with Gasteiger partial charge in [-0.25, -0.2) is 0 Å². The third kappa shape index (κ3) is 6.26. The molecule has 0 atom stereocenters. The molecule has 1 aromatic rings. The molecule has 0 aliphatic heterocycles. The summed E-state index contributed by atoms with van der Waals surface area (Å²) in [6.07, 6.45) is 6.00. The van der Waals surface area contributed by atoms with Gasteiger partial charge in [-0.1, -0.05) is 39.3 Å². The number of carbonyl (C=O) groups excluding carboxylic acids is 2. The van der Waals surface area contributed by atoms with Crippen LogP contribution in [0.3, 0.4) is 0 Å². The van der Waals surface area contributed by atoms with E-state index in [9.17, 15) is 9.59 Å². The minimum absolute atomic E-state index is 0.119. The maximum Gasteiger partial charge on any atom is 0.309 e. The van der Waals surface area contributed by atoms with E-state index in [1.165, 1.54) is 6.42 Å². The van der Waals surface area contributed by atoms with Gasteiger partial charge in [0.15, 0.2) is 0 Å². The van der Waals surface area contributed by atoms with Gasteiger partial charge in [-0.15, -0.1) is 0 Å². The predicted octanol–water partition coefficient (Wildman–Crippen LogP) is 3.47. The SMILES string of the molecule is CCC(C)(C)C1CCC(NC(=O)C(=O)NCCc2ccc(OC)cc2)CC1. The van der Waals surface area contributed by atoms with Gasteiger partial charge in [0.2, 0.25) is 0 Å². The Bertz CT molecular complexity index is 617. The van der Waals surface area contributed by atoms with E-state index in [1.54, 1.807) is 7.11 Å². The second-order valence-corrected chi connectivity index (χ2v) is 8.22. The van der Waals surface area contributed by atoms with Gasteiger partial charge in [0.25, 0.3) is 0 Å². The Hall–Kier alpha value is -2.04. The normalized spacial score (nSPS) is 20.0. The minimum atomic E-state index is -0.542. The molecule has 0 radical (unpaired) electrons. The molecule has 1 aliphatic rings. The predicted molar refractivity (Wildman–Crippen MR) is 108 cm³/mol. The van der Waals surface area contributed by atoms with Gasteiger partial charge in [-0.05, 0) is 61.1 Å². The molecule has 0 spiro atoms. The van der Waals surface area contributed by atoms with Gasteiger partial charge < -0.3 is 15.4 Å². The number of nitrogens with one attached hydrogen (secondary N) is 2. The molecule has 0 unspecified atom stereocenters. The number of hydrogen-bond acceptors (Lipinski definition) is 3. The third-order valence-electron chi connectivity index (χ3n) is 6.14. The third-order valence-corrected chi connectivity index (χ3v) is 6.14. The summed E-state index contributed by atoms with van der Waals surface area (Å²) in [4.78, 5) is 24.2. The Morgan fingerprint density at radius 3 is 2.26 bits per heavy atom. The molecule has 1 aromatic carbocycles. The fraction of sp³-hybridized carbons (Fsp3) is 0.636. The summed E-state index contributed by atoms with van der Waals surface area (Å²) < 4.78 is 5.12. The first-order chi connectivity index (χ1) is 12.9. The van der Waals surface area contributed by atoms with Crippen molar-refractivity contribution in [2.45, 2.75) is 65.3 Å². The summed E-state index contributed by atoms with van der Waals surface area (Å²) in [5.41, 5.74) is 1.45. The summed E-state index contributed by atoms with van der Waals surface area (Å²) in [5.74, 6) is 0.454. The number of ether oxygens (including phenoxy) is 1. The maximum atomic E-state index is 12.1. The molecule has 27 heavy (non-hydrogen) atoms. The van der Waals surface area contributed by atoms with Crippen LogP contribution in [0.1, 0.15) is 58.4 Å². The molecular formula is C22H34N2O3. The van der Waals surface area contributed by atoms with E-state index < -0.39 is 11.8 Å². The fourth-order valence-corrected chi connectivity index (χ4v) is 3.75. The van der Waals surface area contributed by atoms with Gasteiger partial charge in [-0.3, -0.25) is 9.59 Å². The van der Waals surface area contributed by atoms with Crippen molar-refractivity contribution in [3.8, 4) is 5.75 Å². The first kappa shape index (κ1) is 21.3. The first-order valence-electron chi connectivity index (χ1n) is 10.1. The van der Waals surface area contributed by atoms with Crippen molar-refractivity contribution in [3.63, 3.8) is 0 Å². The standard InChI is InChI=1S/C22H34N2O3/c1-5-22(2,3)17-8-10-18(11-9-17)24-21(26)20(25)23-15-14-16-6-12-19(27-4)13-7-16/h6-7,12-13,17-18H,5,8-11,14-15H2,1-4H3,(H,23,25)(H,24,26). The Kier molecular flexibility index (Phi) is 7.69. The van der Waals surface area contributed by atoms with E-state index in [-0.39, 0.29) is 6.04 Å². The van der Waals surface area contributed by atoms with Gasteiger partial charge in [0, 0.05) is 12.6 Å². The number of carbonyl (C=O) groups is 2. The van der Waals surface area contributed by atoms with E-state index >= 15 is 0 Å². The summed E-state index contributed by atoms with van der Waals surface area (Å²) in [6, 6.07) is 7.82. The van der Waals surface area contributed by atoms with Crippen LogP contribution in [0.25, 0.3) is 0 Å². The zero-order valence-corrected chi connectivity index (χ0v) is 17.1. The van der Waals surface area contributed by atoms with Crippen molar-refractivity contribution >= 4 is 11.8 Å². The van der Waals surface area contributed by atoms with Crippen LogP contribution in [0.2, 0.25) is 0 Å². The average molecular weight is 375 g/mol. The molecule has 0 saturated heterocycles. The number of methoxy groups -OCH3 is 1. The Labute approximate surface area is 163 Å². The largest absolute Gasteiger partial charge is 0.497 e. The van der Waals surface area contributed by atoms with Gasteiger partial charge in [0.1, 0.15) is 5.75 Å². The van der Waals surface area contributed by atoms with E-state index in [4.69, 9.17) is 4.74 Å². The van der Waals surface area contributed by atoms with Crippen molar-refractivity contribution in [2.75, 3.05) is 13.7 Å². The van der Waals surface area contributed by atoms with Crippen molar-refractivity contribution in [1.82, 2.24) is 10.6 Å². The van der Waals surface area contributed by atoms with Gasteiger partial charge in [0.05, 0.1) is 7.11 Å². The van der Waals surface area contributed by atoms with Crippen LogP contribution in [-0.2, 0) is 16.0 Å². The highest BCUT2D eigenvalue weighted by molar-refractivity contribution is 6.35.